The molecule has 0 aliphatic heterocycles. The molecule has 0 spiro atoms. The van der Waals surface area contributed by atoms with Gasteiger partial charge in [0.05, 0.1) is 51.4 Å². The van der Waals surface area contributed by atoms with Crippen LogP contribution >= 0.6 is 0 Å². The lowest BCUT2D eigenvalue weighted by atomic mass is 10.1. The van der Waals surface area contributed by atoms with Crippen molar-refractivity contribution in [2.24, 2.45) is 0 Å². The van der Waals surface area contributed by atoms with Crippen LogP contribution in [-0.2, 0) is 17.8 Å². The van der Waals surface area contributed by atoms with Gasteiger partial charge in [0.2, 0.25) is 5.91 Å². The van der Waals surface area contributed by atoms with Crippen LogP contribution in [0.25, 0.3) is 11.0 Å². The molecule has 7 heteroatoms. The molecule has 34 heavy (non-hydrogen) atoms. The fourth-order valence-electron chi connectivity index (χ4n) is 4.13. The number of methoxy groups -OCH3 is 3. The summed E-state index contributed by atoms with van der Waals surface area (Å²) in [7, 11) is 4.84. The van der Waals surface area contributed by atoms with Crippen LogP contribution < -0.4 is 19.5 Å². The van der Waals surface area contributed by atoms with Crippen LogP contribution in [0.3, 0.4) is 0 Å². The number of carbonyl (C=O) groups excluding carboxylic acids is 1. The summed E-state index contributed by atoms with van der Waals surface area (Å²) in [4.78, 5) is 17.7. The van der Waals surface area contributed by atoms with E-state index in [4.69, 9.17) is 19.2 Å². The lowest BCUT2D eigenvalue weighted by Gasteiger charge is -2.18. The van der Waals surface area contributed by atoms with Crippen molar-refractivity contribution in [1.29, 1.82) is 0 Å². The van der Waals surface area contributed by atoms with Crippen molar-refractivity contribution < 1.29 is 19.0 Å². The van der Waals surface area contributed by atoms with Gasteiger partial charge in [0.25, 0.3) is 0 Å². The van der Waals surface area contributed by atoms with E-state index >= 15 is 0 Å². The Kier molecular flexibility index (Phi) is 7.01. The Labute approximate surface area is 199 Å². The number of nitrogens with one attached hydrogen (secondary N) is 1. The Morgan fingerprint density at radius 3 is 2.38 bits per heavy atom. The predicted octanol–water partition coefficient (Wildman–Crippen LogP) is 4.53. The van der Waals surface area contributed by atoms with E-state index in [1.165, 1.54) is 0 Å². The number of amides is 1. The van der Waals surface area contributed by atoms with Crippen molar-refractivity contribution in [3.05, 3.63) is 83.7 Å². The molecule has 176 valence electrons. The van der Waals surface area contributed by atoms with Gasteiger partial charge in [0, 0.05) is 5.56 Å². The Hall–Kier alpha value is -4.00. The smallest absolute Gasteiger partial charge is 0.224 e. The number of carbonyl (C=O) groups is 1. The van der Waals surface area contributed by atoms with E-state index in [9.17, 15) is 4.79 Å². The van der Waals surface area contributed by atoms with Crippen molar-refractivity contribution >= 4 is 16.9 Å². The molecule has 1 amide bonds. The maximum absolute atomic E-state index is 12.9. The third-order valence-corrected chi connectivity index (χ3v) is 5.78. The lowest BCUT2D eigenvalue weighted by Crippen LogP contribution is -2.30. The molecular weight excluding hydrogens is 430 g/mol. The summed E-state index contributed by atoms with van der Waals surface area (Å²) >= 11 is 0. The zero-order valence-electron chi connectivity index (χ0n) is 19.9. The van der Waals surface area contributed by atoms with Crippen LogP contribution in [0, 0.1) is 0 Å². The number of aromatic nitrogens is 2. The SMILES string of the molecule is COc1ccccc1Cn1c(C(C)NC(=O)Cc2ccc(OC)c(OC)c2)nc2ccccc21. The molecule has 3 aromatic carbocycles. The molecule has 7 nitrogen and oxygen atoms in total. The molecule has 0 aliphatic rings. The highest BCUT2D eigenvalue weighted by Gasteiger charge is 2.20. The zero-order valence-corrected chi connectivity index (χ0v) is 19.9. The first-order valence-corrected chi connectivity index (χ1v) is 11.1. The van der Waals surface area contributed by atoms with Gasteiger partial charge in [-0.2, -0.15) is 0 Å². The first-order chi connectivity index (χ1) is 16.5. The largest absolute Gasteiger partial charge is 0.496 e. The molecule has 4 rings (SSSR count). The van der Waals surface area contributed by atoms with Crippen LogP contribution in [0.2, 0.25) is 0 Å². The zero-order chi connectivity index (χ0) is 24.1. The highest BCUT2D eigenvalue weighted by atomic mass is 16.5. The highest BCUT2D eigenvalue weighted by molar-refractivity contribution is 5.80. The first-order valence-electron chi connectivity index (χ1n) is 11.1. The Morgan fingerprint density at radius 1 is 0.912 bits per heavy atom. The molecule has 1 unspecified atom stereocenters. The summed E-state index contributed by atoms with van der Waals surface area (Å²) in [6.45, 7) is 2.53. The van der Waals surface area contributed by atoms with E-state index < -0.39 is 0 Å². The highest BCUT2D eigenvalue weighted by Crippen LogP contribution is 2.28. The van der Waals surface area contributed by atoms with Gasteiger partial charge in [-0.05, 0) is 42.8 Å². The molecule has 0 bridgehead atoms. The number of ether oxygens (including phenoxy) is 3. The maximum Gasteiger partial charge on any atom is 0.224 e. The summed E-state index contributed by atoms with van der Waals surface area (Å²) in [6.07, 6.45) is 0.220. The summed E-state index contributed by atoms with van der Waals surface area (Å²) in [5.41, 5.74) is 3.76. The van der Waals surface area contributed by atoms with E-state index in [-0.39, 0.29) is 18.4 Å². The lowest BCUT2D eigenvalue weighted by molar-refractivity contribution is -0.121. The van der Waals surface area contributed by atoms with Crippen LogP contribution in [0.5, 0.6) is 17.2 Å². The van der Waals surface area contributed by atoms with Gasteiger partial charge < -0.3 is 24.1 Å². The average molecular weight is 460 g/mol. The minimum Gasteiger partial charge on any atom is -0.496 e. The fourth-order valence-corrected chi connectivity index (χ4v) is 4.13. The van der Waals surface area contributed by atoms with Gasteiger partial charge in [-0.1, -0.05) is 36.4 Å². The third-order valence-electron chi connectivity index (χ3n) is 5.78. The molecule has 0 saturated carbocycles. The molecule has 0 aliphatic carbocycles. The summed E-state index contributed by atoms with van der Waals surface area (Å²) in [5.74, 6) is 2.73. The van der Waals surface area contributed by atoms with Crippen molar-refractivity contribution in [3.63, 3.8) is 0 Å². The Bertz CT molecular complexity index is 1300. The quantitative estimate of drug-likeness (QED) is 0.398. The van der Waals surface area contributed by atoms with Crippen molar-refractivity contribution in [3.8, 4) is 17.2 Å². The number of hydrogen-bond acceptors (Lipinski definition) is 5. The number of hydrogen-bond donors (Lipinski definition) is 1. The minimum absolute atomic E-state index is 0.101. The van der Waals surface area contributed by atoms with Crippen molar-refractivity contribution in [2.75, 3.05) is 21.3 Å². The van der Waals surface area contributed by atoms with Gasteiger partial charge in [-0.3, -0.25) is 4.79 Å². The second kappa shape index (κ2) is 10.3. The average Bonchev–Trinajstić information content (AvgIpc) is 3.22. The Balaban J connectivity index is 1.58. The fraction of sp³-hybridized carbons (Fsp3) is 0.259. The van der Waals surface area contributed by atoms with Crippen LogP contribution in [-0.4, -0.2) is 36.8 Å². The number of benzene rings is 3. The molecule has 1 aromatic heterocycles. The Morgan fingerprint density at radius 2 is 1.62 bits per heavy atom. The summed E-state index contributed by atoms with van der Waals surface area (Å²) < 4.78 is 18.3. The van der Waals surface area contributed by atoms with E-state index in [0.29, 0.717) is 18.0 Å². The monoisotopic (exact) mass is 459 g/mol. The molecule has 4 aromatic rings. The summed E-state index contributed by atoms with van der Waals surface area (Å²) in [6, 6.07) is 21.1. The third kappa shape index (κ3) is 4.83. The number of rotatable bonds is 9. The van der Waals surface area contributed by atoms with Crippen molar-refractivity contribution in [1.82, 2.24) is 14.9 Å². The molecule has 0 radical (unpaired) electrons. The molecule has 0 fully saturated rings. The van der Waals surface area contributed by atoms with Gasteiger partial charge in [0.15, 0.2) is 11.5 Å². The van der Waals surface area contributed by atoms with Crippen LogP contribution in [0.1, 0.15) is 29.9 Å². The van der Waals surface area contributed by atoms with Crippen LogP contribution in [0.15, 0.2) is 66.7 Å². The van der Waals surface area contributed by atoms with Crippen LogP contribution in [0.4, 0.5) is 0 Å². The molecule has 1 N–H and O–H groups in total. The number of nitrogens with zero attached hydrogens (tertiary/aromatic N) is 2. The second-order valence-corrected chi connectivity index (χ2v) is 8.01. The van der Waals surface area contributed by atoms with E-state index in [1.54, 1.807) is 27.4 Å². The van der Waals surface area contributed by atoms with Gasteiger partial charge in [-0.15, -0.1) is 0 Å². The van der Waals surface area contributed by atoms with E-state index in [1.807, 2.05) is 67.6 Å². The normalized spacial score (nSPS) is 11.8. The molecular formula is C27H29N3O4. The standard InChI is InChI=1S/C27H29N3O4/c1-18(28-26(31)16-19-13-14-24(33-3)25(15-19)34-4)27-29-21-10-6-7-11-22(21)30(27)17-20-9-5-8-12-23(20)32-2/h5-15,18H,16-17H2,1-4H3,(H,28,31). The van der Waals surface area contributed by atoms with E-state index in [0.717, 1.165) is 33.7 Å². The first kappa shape index (κ1) is 23.2. The van der Waals surface area contributed by atoms with Crippen molar-refractivity contribution in [2.45, 2.75) is 25.9 Å². The maximum atomic E-state index is 12.9. The predicted molar refractivity (Wildman–Crippen MR) is 132 cm³/mol. The second-order valence-electron chi connectivity index (χ2n) is 8.01. The molecule has 0 saturated heterocycles. The van der Waals surface area contributed by atoms with Gasteiger partial charge >= 0.3 is 0 Å². The minimum atomic E-state index is -0.297. The molecule has 1 heterocycles. The number of para-hydroxylation sites is 3. The topological polar surface area (TPSA) is 74.6 Å². The van der Waals surface area contributed by atoms with Gasteiger partial charge in [0.1, 0.15) is 11.6 Å². The van der Waals surface area contributed by atoms with Gasteiger partial charge in [-0.25, -0.2) is 4.98 Å². The summed E-state index contributed by atoms with van der Waals surface area (Å²) in [5, 5.41) is 3.10. The number of fused-ring (bicyclic) bond motifs is 1. The number of imidazole rings is 1. The van der Waals surface area contributed by atoms with E-state index in [2.05, 4.69) is 9.88 Å². The molecule has 1 atom stereocenters.